The van der Waals surface area contributed by atoms with Crippen LogP contribution in [0.4, 0.5) is 17.5 Å². The average Bonchev–Trinajstić information content (AvgIpc) is 4.13. The summed E-state index contributed by atoms with van der Waals surface area (Å²) in [5.74, 6) is -0.0657. The third kappa shape index (κ3) is 9.10. The number of anilines is 3. The van der Waals surface area contributed by atoms with Crippen molar-refractivity contribution in [3.8, 4) is 0 Å². The highest BCUT2D eigenvalue weighted by atomic mass is 31.3. The molecule has 9 heterocycles. The van der Waals surface area contributed by atoms with Crippen LogP contribution in [0.15, 0.2) is 38.0 Å². The zero-order valence-electron chi connectivity index (χ0n) is 33.5. The van der Waals surface area contributed by atoms with Crippen molar-refractivity contribution in [3.63, 3.8) is 0 Å². The first kappa shape index (κ1) is 47.2. The molecular formula is C30H38N15O19P3. The van der Waals surface area contributed by atoms with Crippen LogP contribution in [0.3, 0.4) is 0 Å². The molecule has 37 heteroatoms. The first-order valence-electron chi connectivity index (χ1n) is 19.2. The summed E-state index contributed by atoms with van der Waals surface area (Å²) in [6.45, 7) is -3.02. The number of aliphatic hydroxyl groups is 5. The maximum absolute atomic E-state index is 13.5. The fraction of sp³-hybridized carbons (Fsp3) is 0.500. The van der Waals surface area contributed by atoms with Crippen LogP contribution in [-0.4, -0.2) is 174 Å². The number of phosphoric ester groups is 3. The van der Waals surface area contributed by atoms with Gasteiger partial charge in [-0.15, -0.1) is 0 Å². The van der Waals surface area contributed by atoms with Crippen LogP contribution in [0.2, 0.25) is 0 Å². The summed E-state index contributed by atoms with van der Waals surface area (Å²) in [4.78, 5) is 67.6. The number of aliphatic hydroxyl groups excluding tert-OH is 5. The molecule has 0 aromatic carbocycles. The molecule has 3 aliphatic heterocycles. The Kier molecular flexibility index (Phi) is 12.6. The van der Waals surface area contributed by atoms with Crippen molar-refractivity contribution < 1.29 is 90.5 Å². The van der Waals surface area contributed by atoms with Crippen molar-refractivity contribution in [2.45, 2.75) is 73.6 Å². The van der Waals surface area contributed by atoms with Gasteiger partial charge in [-0.2, -0.15) is 4.31 Å². The van der Waals surface area contributed by atoms with Gasteiger partial charge in [-0.05, 0) is 0 Å². The van der Waals surface area contributed by atoms with Crippen molar-refractivity contribution in [1.29, 1.82) is 0 Å². The van der Waals surface area contributed by atoms with Crippen LogP contribution in [0.1, 0.15) is 18.7 Å². The Morgan fingerprint density at radius 3 is 1.24 bits per heavy atom. The van der Waals surface area contributed by atoms with Gasteiger partial charge in [0.05, 0.1) is 38.8 Å². The summed E-state index contributed by atoms with van der Waals surface area (Å²) in [6.07, 6.45) is -13.1. The van der Waals surface area contributed by atoms with Crippen LogP contribution in [0, 0.1) is 0 Å². The smallest absolute Gasteiger partial charge is 0.387 e. The predicted octanol–water partition coefficient (Wildman–Crippen LogP) is -3.50. The van der Waals surface area contributed by atoms with Gasteiger partial charge in [-0.25, -0.2) is 58.6 Å². The standard InChI is InChI=1S/C30H38N15O19P3/c31-22-13-25(37-4-34-22)43(7-40-13)28-19(49)16(46)10(60-28)1-57-65(51,52)63-21-18(48)12(62-30(21)45-9-42-15-24(33)36-6-39-27(15)45)3-59-67(55,56)64-66(53,54)58-2-11-17(47)20(50)29(61-11)44-8-41-14-23(32)35-5-38-26(14)44/h4-12,16-21,28-30,46-50H,1-3H2,(H,51,52)(H,53,54)(H,55,56)(H2,31,34,37)(H2,32,35,38)(H2,33,36,39)/t10-,11-,12-,16-,17-,18-,19-,20-,21-,28-,29-,30-/m1/s1. The molecule has 34 nitrogen and oxygen atoms in total. The highest BCUT2D eigenvalue weighted by molar-refractivity contribution is 7.61. The first-order valence-corrected chi connectivity index (χ1v) is 23.7. The number of nitrogen functional groups attached to an aromatic ring is 3. The molecule has 0 aliphatic carbocycles. The van der Waals surface area contributed by atoms with Crippen LogP contribution in [0.25, 0.3) is 33.5 Å². The molecule has 3 saturated heterocycles. The zero-order valence-corrected chi connectivity index (χ0v) is 36.2. The molecule has 0 spiro atoms. The summed E-state index contributed by atoms with van der Waals surface area (Å²) in [6, 6.07) is 0. The molecule has 14 N–H and O–H groups in total. The summed E-state index contributed by atoms with van der Waals surface area (Å²) >= 11 is 0. The summed E-state index contributed by atoms with van der Waals surface area (Å²) in [7, 11) is -16.6. The second kappa shape index (κ2) is 17.9. The van der Waals surface area contributed by atoms with Gasteiger partial charge < -0.3 is 71.6 Å². The van der Waals surface area contributed by atoms with E-state index in [0.29, 0.717) is 0 Å². The number of imidazole rings is 3. The van der Waals surface area contributed by atoms with Crippen molar-refractivity contribution in [3.05, 3.63) is 38.0 Å². The summed E-state index contributed by atoms with van der Waals surface area (Å²) in [5.41, 5.74) is 18.1. The number of hydrogen-bond donors (Lipinski definition) is 11. The number of phosphoric acid groups is 3. The van der Waals surface area contributed by atoms with Gasteiger partial charge in [0.15, 0.2) is 53.1 Å². The molecule has 3 unspecified atom stereocenters. The van der Waals surface area contributed by atoms with Crippen LogP contribution < -0.4 is 17.2 Å². The number of hydrogen-bond acceptors (Lipinski definition) is 28. The van der Waals surface area contributed by atoms with Gasteiger partial charge >= 0.3 is 23.5 Å². The van der Waals surface area contributed by atoms with E-state index in [1.807, 2.05) is 0 Å². The molecule has 0 bridgehead atoms. The van der Waals surface area contributed by atoms with E-state index >= 15 is 0 Å². The van der Waals surface area contributed by atoms with Gasteiger partial charge in [-0.3, -0.25) is 31.8 Å². The molecule has 67 heavy (non-hydrogen) atoms. The highest BCUT2D eigenvalue weighted by Gasteiger charge is 2.52. The fourth-order valence-electron chi connectivity index (χ4n) is 7.42. The molecule has 6 aromatic heterocycles. The topological polar surface area (TPSA) is 496 Å². The Labute approximate surface area is 371 Å². The number of nitrogens with two attached hydrogens (primary N) is 3. The van der Waals surface area contributed by atoms with E-state index in [1.54, 1.807) is 0 Å². The Morgan fingerprint density at radius 2 is 0.836 bits per heavy atom. The minimum atomic E-state index is -5.65. The number of nitrogens with zero attached hydrogens (tertiary/aromatic N) is 12. The van der Waals surface area contributed by atoms with Gasteiger partial charge in [0.1, 0.15) is 90.5 Å². The van der Waals surface area contributed by atoms with Gasteiger partial charge in [0, 0.05) is 0 Å². The summed E-state index contributed by atoms with van der Waals surface area (Å²) in [5, 5.41) is 54.3. The lowest BCUT2D eigenvalue weighted by Crippen LogP contribution is -2.36. The lowest BCUT2D eigenvalue weighted by molar-refractivity contribution is -0.0615. The minimum absolute atomic E-state index is 0.0107. The SMILES string of the molecule is Nc1ncnc2c1ncn2[C@@H]1O[C@H](COP(=O)(O)O[C@@H]2[C@H](O)[C@@H](COP(=O)(O)OP(=O)(O)OC[C@H]3O[C@@H](n4cnc5c(N)ncnc54)[C@H](O)[C@@H]3O)O[C@H]2n2cnc3c(N)ncnc32)[C@@H](O)[C@H]1O. The van der Waals surface area contributed by atoms with E-state index in [4.69, 9.17) is 49.5 Å². The van der Waals surface area contributed by atoms with Crippen molar-refractivity contribution in [2.24, 2.45) is 0 Å². The number of aromatic nitrogens is 12. The second-order valence-corrected chi connectivity index (χ2v) is 19.3. The van der Waals surface area contributed by atoms with E-state index in [2.05, 4.69) is 49.2 Å². The van der Waals surface area contributed by atoms with Crippen LogP contribution in [0.5, 0.6) is 0 Å². The van der Waals surface area contributed by atoms with E-state index in [9.17, 15) is 53.9 Å². The lowest BCUT2D eigenvalue weighted by Gasteiger charge is -2.25. The minimum Gasteiger partial charge on any atom is -0.387 e. The van der Waals surface area contributed by atoms with E-state index in [-0.39, 0.29) is 50.9 Å². The largest absolute Gasteiger partial charge is 0.481 e. The Morgan fingerprint density at radius 1 is 0.493 bits per heavy atom. The number of fused-ring (bicyclic) bond motifs is 3. The maximum Gasteiger partial charge on any atom is 0.481 e. The molecule has 362 valence electrons. The highest BCUT2D eigenvalue weighted by Crippen LogP contribution is 2.61. The lowest BCUT2D eigenvalue weighted by atomic mass is 10.1. The third-order valence-electron chi connectivity index (χ3n) is 10.6. The predicted molar refractivity (Wildman–Crippen MR) is 214 cm³/mol. The molecule has 9 rings (SSSR count). The van der Waals surface area contributed by atoms with Gasteiger partial charge in [0.25, 0.3) is 0 Å². The van der Waals surface area contributed by atoms with Crippen molar-refractivity contribution in [2.75, 3.05) is 37.0 Å². The van der Waals surface area contributed by atoms with E-state index in [1.165, 1.54) is 21.8 Å². The Balaban J connectivity index is 0.847. The first-order chi connectivity index (χ1) is 31.7. The van der Waals surface area contributed by atoms with Crippen LogP contribution >= 0.6 is 23.5 Å². The Bertz CT molecular complexity index is 2950. The van der Waals surface area contributed by atoms with Crippen LogP contribution in [-0.2, 0) is 50.3 Å². The van der Waals surface area contributed by atoms with E-state index < -0.39 is 117 Å². The molecule has 0 saturated carbocycles. The number of rotatable bonds is 16. The Hall–Kier alpha value is -4.90. The van der Waals surface area contributed by atoms with Gasteiger partial charge in [0.2, 0.25) is 0 Å². The third-order valence-corrected chi connectivity index (χ3v) is 14.2. The van der Waals surface area contributed by atoms with Gasteiger partial charge in [-0.1, -0.05) is 0 Å². The molecule has 6 aromatic rings. The molecule has 3 fully saturated rings. The summed E-state index contributed by atoms with van der Waals surface area (Å²) < 4.78 is 84.7. The zero-order chi connectivity index (χ0) is 47.7. The van der Waals surface area contributed by atoms with E-state index in [0.717, 1.165) is 29.9 Å². The molecule has 0 radical (unpaired) electrons. The molecule has 0 amide bonds. The quantitative estimate of drug-likeness (QED) is 0.0419. The number of ether oxygens (including phenoxy) is 3. The monoisotopic (exact) mass is 1010 g/mol. The normalized spacial score (nSPS) is 31.7. The molecule has 15 atom stereocenters. The van der Waals surface area contributed by atoms with Crippen molar-refractivity contribution in [1.82, 2.24) is 58.6 Å². The van der Waals surface area contributed by atoms with Crippen molar-refractivity contribution >= 4 is 74.4 Å². The molecule has 3 aliphatic rings. The second-order valence-electron chi connectivity index (χ2n) is 14.8. The average molecular weight is 1010 g/mol. The fourth-order valence-corrected chi connectivity index (χ4v) is 10.4. The maximum atomic E-state index is 13.5. The molecular weight excluding hydrogens is 967 g/mol.